The molecule has 9 nitrogen and oxygen atoms in total. The summed E-state index contributed by atoms with van der Waals surface area (Å²) in [7, 11) is -4.76. The van der Waals surface area contributed by atoms with E-state index in [1.54, 1.807) is 11.6 Å². The summed E-state index contributed by atoms with van der Waals surface area (Å²) in [6.45, 7) is 0. The monoisotopic (exact) mass is 365 g/mol. The Bertz CT molecular complexity index is 924. The van der Waals surface area contributed by atoms with Crippen LogP contribution in [-0.2, 0) is 27.5 Å². The number of hydrogen-bond acceptors (Lipinski definition) is 6. The van der Waals surface area contributed by atoms with Crippen LogP contribution in [0.2, 0.25) is 0 Å². The van der Waals surface area contributed by atoms with Crippen LogP contribution in [0.1, 0.15) is 0 Å². The van der Waals surface area contributed by atoms with Crippen molar-refractivity contribution in [3.8, 4) is 0 Å². The molecule has 0 aliphatic carbocycles. The number of rotatable bonds is 5. The maximum absolute atomic E-state index is 11.9. The zero-order valence-electron chi connectivity index (χ0n) is 12.0. The fraction of sp³-hybridized carbons (Fsp3) is 0.300. The number of aromatic nitrogens is 1. The number of benzene rings is 1. The number of fused-ring (bicyclic) bond motifs is 1. The Labute approximate surface area is 132 Å². The lowest BCUT2D eigenvalue weighted by molar-refractivity contribution is 0.489. The minimum absolute atomic E-state index is 0.0325. The first-order valence-electron chi connectivity index (χ1n) is 5.99. The first-order valence-corrected chi connectivity index (χ1v) is 9.69. The Hall–Kier alpha value is -1.47. The second-order valence-electron chi connectivity index (χ2n) is 4.11. The van der Waals surface area contributed by atoms with E-state index in [9.17, 15) is 16.8 Å². The number of thiazole rings is 1. The van der Waals surface area contributed by atoms with Crippen LogP contribution in [0.5, 0.6) is 0 Å². The lowest BCUT2D eigenvalue weighted by Crippen LogP contribution is -2.45. The van der Waals surface area contributed by atoms with Crippen LogP contribution in [0.3, 0.4) is 0 Å². The smallest absolute Gasteiger partial charge is 0.318 e. The van der Waals surface area contributed by atoms with E-state index >= 15 is 0 Å². The van der Waals surface area contributed by atoms with Gasteiger partial charge in [0.2, 0.25) is 4.80 Å². The van der Waals surface area contributed by atoms with E-state index in [1.165, 1.54) is 11.3 Å². The van der Waals surface area contributed by atoms with E-state index in [-0.39, 0.29) is 8.62 Å². The molecule has 2 rings (SSSR count). The van der Waals surface area contributed by atoms with Gasteiger partial charge in [-0.3, -0.25) is 0 Å². The molecule has 12 heteroatoms. The van der Waals surface area contributed by atoms with Crippen LogP contribution in [0.15, 0.2) is 29.4 Å². The minimum Gasteiger partial charge on any atom is -0.318 e. The molecule has 0 spiro atoms. The minimum atomic E-state index is -4.32. The molecule has 0 amide bonds. The molecule has 2 aromatic rings. The van der Waals surface area contributed by atoms with Crippen LogP contribution >= 0.6 is 11.3 Å². The second-order valence-corrected chi connectivity index (χ2v) is 8.76. The Morgan fingerprint density at radius 2 is 1.64 bits per heavy atom. The lowest BCUT2D eigenvalue weighted by atomic mass is 10.3. The Morgan fingerprint density at radius 1 is 1.09 bits per heavy atom. The van der Waals surface area contributed by atoms with Crippen LogP contribution in [-0.4, -0.2) is 39.3 Å². The van der Waals surface area contributed by atoms with Gasteiger partial charge >= 0.3 is 20.4 Å². The second kappa shape index (κ2) is 5.96. The largest absolute Gasteiger partial charge is 0.331 e. The van der Waals surface area contributed by atoms with Gasteiger partial charge in [-0.2, -0.15) is 26.3 Å². The molecule has 0 unspecified atom stereocenters. The fourth-order valence-corrected chi connectivity index (χ4v) is 4.92. The zero-order chi connectivity index (χ0) is 16.5. The first kappa shape index (κ1) is 16.9. The number of hydrogen-bond donors (Lipinski definition) is 2. The molecule has 0 atom stereocenters. The van der Waals surface area contributed by atoms with Crippen molar-refractivity contribution in [3.63, 3.8) is 0 Å². The summed E-state index contributed by atoms with van der Waals surface area (Å²) in [6, 6.07) is 7.32. The summed E-state index contributed by atoms with van der Waals surface area (Å²) in [6.07, 6.45) is 0. The first-order chi connectivity index (χ1) is 10.2. The number of nitrogens with one attached hydrogen (secondary N) is 2. The fourth-order valence-electron chi connectivity index (χ4n) is 1.64. The number of nitrogens with zero attached hydrogens (tertiary/aromatic N) is 3. The van der Waals surface area contributed by atoms with E-state index in [1.807, 2.05) is 33.7 Å². The SMILES string of the molecule is CNS(=O)(=O)N(N=c1sc2ccccc2n1C)S(=O)(=O)NC. The van der Waals surface area contributed by atoms with Gasteiger partial charge in [0.25, 0.3) is 0 Å². The third kappa shape index (κ3) is 3.01. The molecule has 1 heterocycles. The van der Waals surface area contributed by atoms with Gasteiger partial charge in [-0.15, -0.1) is 5.10 Å². The topological polar surface area (TPSA) is 113 Å². The van der Waals surface area contributed by atoms with Crippen LogP contribution in [0.4, 0.5) is 0 Å². The predicted octanol–water partition coefficient (Wildman–Crippen LogP) is -0.714. The van der Waals surface area contributed by atoms with Gasteiger partial charge in [0.1, 0.15) is 0 Å². The Morgan fingerprint density at radius 3 is 2.14 bits per heavy atom. The predicted molar refractivity (Wildman–Crippen MR) is 84.2 cm³/mol. The average molecular weight is 365 g/mol. The molecule has 22 heavy (non-hydrogen) atoms. The number of aryl methyl sites for hydroxylation is 1. The molecule has 0 saturated heterocycles. The molecule has 0 fully saturated rings. The molecule has 0 aliphatic heterocycles. The summed E-state index contributed by atoms with van der Waals surface area (Å²) in [5.74, 6) is 0. The standard InChI is InChI=1S/C10H15N5O4S3/c1-11-21(16,17)15(22(18,19)12-2)13-10-14(3)8-6-4-5-7-9(8)20-10/h4-7,11-12H,1-3H3. The molecule has 1 aromatic heterocycles. The number of para-hydroxylation sites is 1. The summed E-state index contributed by atoms with van der Waals surface area (Å²) >= 11 is 1.18. The van der Waals surface area contributed by atoms with Gasteiger partial charge in [0, 0.05) is 21.1 Å². The highest BCUT2D eigenvalue weighted by atomic mass is 32.3. The van der Waals surface area contributed by atoms with Crippen LogP contribution in [0, 0.1) is 0 Å². The highest BCUT2D eigenvalue weighted by Crippen LogP contribution is 2.16. The average Bonchev–Trinajstić information content (AvgIpc) is 2.81. The van der Waals surface area contributed by atoms with Crippen molar-refractivity contribution in [1.82, 2.24) is 17.8 Å². The van der Waals surface area contributed by atoms with E-state index in [2.05, 4.69) is 5.10 Å². The molecule has 122 valence electrons. The molecular formula is C10H15N5O4S3. The molecule has 0 saturated carbocycles. The van der Waals surface area contributed by atoms with Crippen molar-refractivity contribution in [1.29, 1.82) is 0 Å². The van der Waals surface area contributed by atoms with Gasteiger partial charge in [0.15, 0.2) is 0 Å². The van der Waals surface area contributed by atoms with E-state index < -0.39 is 20.4 Å². The van der Waals surface area contributed by atoms with Crippen LogP contribution < -0.4 is 14.2 Å². The van der Waals surface area contributed by atoms with Crippen molar-refractivity contribution in [2.45, 2.75) is 0 Å². The maximum Gasteiger partial charge on any atom is 0.331 e. The maximum atomic E-state index is 11.9. The molecular weight excluding hydrogens is 350 g/mol. The van der Waals surface area contributed by atoms with Gasteiger partial charge < -0.3 is 4.57 Å². The summed E-state index contributed by atoms with van der Waals surface area (Å²) in [5, 5.41) is 3.79. The van der Waals surface area contributed by atoms with Crippen molar-refractivity contribution in [2.24, 2.45) is 12.1 Å². The Balaban J connectivity index is 2.75. The van der Waals surface area contributed by atoms with Gasteiger partial charge in [-0.1, -0.05) is 23.5 Å². The molecule has 0 aliphatic rings. The molecule has 0 bridgehead atoms. The summed E-state index contributed by atoms with van der Waals surface area (Å²) in [5.41, 5.74) is 0.815. The van der Waals surface area contributed by atoms with Crippen molar-refractivity contribution < 1.29 is 16.8 Å². The van der Waals surface area contributed by atoms with Gasteiger partial charge in [0.05, 0.1) is 10.2 Å². The molecule has 2 N–H and O–H groups in total. The van der Waals surface area contributed by atoms with E-state index in [0.29, 0.717) is 0 Å². The summed E-state index contributed by atoms with van der Waals surface area (Å²) in [4.78, 5) is 0.221. The van der Waals surface area contributed by atoms with Crippen molar-refractivity contribution >= 4 is 42.0 Å². The van der Waals surface area contributed by atoms with E-state index in [4.69, 9.17) is 0 Å². The summed E-state index contributed by atoms with van der Waals surface area (Å²) < 4.78 is 54.1. The third-order valence-corrected chi connectivity index (χ3v) is 7.11. The molecule has 1 aromatic carbocycles. The molecule has 0 radical (unpaired) electrons. The van der Waals surface area contributed by atoms with Crippen molar-refractivity contribution in [2.75, 3.05) is 14.1 Å². The lowest BCUT2D eigenvalue weighted by Gasteiger charge is -2.16. The van der Waals surface area contributed by atoms with Gasteiger partial charge in [-0.05, 0) is 16.0 Å². The normalized spacial score (nSPS) is 13.7. The highest BCUT2D eigenvalue weighted by molar-refractivity contribution is 8.02. The van der Waals surface area contributed by atoms with Gasteiger partial charge in [-0.25, -0.2) is 0 Å². The Kier molecular flexibility index (Phi) is 4.58. The van der Waals surface area contributed by atoms with Crippen LogP contribution in [0.25, 0.3) is 10.2 Å². The van der Waals surface area contributed by atoms with E-state index in [0.717, 1.165) is 24.3 Å². The zero-order valence-corrected chi connectivity index (χ0v) is 14.5. The van der Waals surface area contributed by atoms with Crippen molar-refractivity contribution in [3.05, 3.63) is 29.1 Å². The third-order valence-electron chi connectivity index (χ3n) is 2.81. The quantitative estimate of drug-likeness (QED) is 0.681. The highest BCUT2D eigenvalue weighted by Gasteiger charge is 2.31.